The van der Waals surface area contributed by atoms with E-state index in [9.17, 15) is 0 Å². The van der Waals surface area contributed by atoms with Crippen molar-refractivity contribution in [3.63, 3.8) is 0 Å². The number of hydrogen-bond acceptors (Lipinski definition) is 8. The van der Waals surface area contributed by atoms with E-state index in [-0.39, 0.29) is 0 Å². The molecule has 0 bridgehead atoms. The molecule has 146 valence electrons. The van der Waals surface area contributed by atoms with Crippen LogP contribution in [0.25, 0.3) is 10.9 Å². The molecule has 3 aromatic rings. The molecule has 0 unspecified atom stereocenters. The van der Waals surface area contributed by atoms with Crippen LogP contribution in [0.3, 0.4) is 0 Å². The largest absolute Gasteiger partial charge is 0.492 e. The van der Waals surface area contributed by atoms with Crippen molar-refractivity contribution < 1.29 is 4.74 Å². The molecule has 0 amide bonds. The van der Waals surface area contributed by atoms with Gasteiger partial charge in [-0.05, 0) is 37.8 Å². The van der Waals surface area contributed by atoms with Crippen LogP contribution in [-0.4, -0.2) is 47.3 Å². The van der Waals surface area contributed by atoms with Gasteiger partial charge >= 0.3 is 0 Å². The zero-order valence-electron chi connectivity index (χ0n) is 16.1. The predicted octanol–water partition coefficient (Wildman–Crippen LogP) is 3.23. The first-order valence-electron chi connectivity index (χ1n) is 9.43. The standard InChI is InChI=1S/C20H24N6OS/c1-3-27-17-8-4-7-16-14(2)23-20(24-18(16)17)25-19-21-12-26(13-22-19)10-9-15-6-5-11-28-15/h4-8,11H,3,9-10,12-13H2,1-2H3,(H2,21,22,23,24,25). The summed E-state index contributed by atoms with van der Waals surface area (Å²) in [6.45, 7) is 6.92. The van der Waals surface area contributed by atoms with E-state index >= 15 is 0 Å². The summed E-state index contributed by atoms with van der Waals surface area (Å²) in [6, 6.07) is 10.2. The number of aliphatic imine (C=N–C) groups is 1. The van der Waals surface area contributed by atoms with Crippen molar-refractivity contribution in [2.75, 3.05) is 31.8 Å². The van der Waals surface area contributed by atoms with Gasteiger partial charge in [-0.1, -0.05) is 18.2 Å². The second-order valence-electron chi connectivity index (χ2n) is 6.55. The number of nitrogens with zero attached hydrogens (tertiary/aromatic N) is 4. The average Bonchev–Trinajstić information content (AvgIpc) is 3.22. The van der Waals surface area contributed by atoms with Crippen LogP contribution in [0.2, 0.25) is 0 Å². The number of rotatable bonds is 6. The van der Waals surface area contributed by atoms with Crippen LogP contribution < -0.4 is 15.4 Å². The summed E-state index contributed by atoms with van der Waals surface area (Å²) in [5.41, 5.74) is 1.72. The number of nitrogens with one attached hydrogen (secondary N) is 2. The fourth-order valence-corrected chi connectivity index (χ4v) is 3.83. The van der Waals surface area contributed by atoms with Crippen molar-refractivity contribution in [3.05, 3.63) is 46.3 Å². The van der Waals surface area contributed by atoms with Gasteiger partial charge in [-0.3, -0.25) is 10.2 Å². The monoisotopic (exact) mass is 396 g/mol. The molecule has 0 atom stereocenters. The van der Waals surface area contributed by atoms with Crippen molar-refractivity contribution in [3.8, 4) is 5.75 Å². The smallest absolute Gasteiger partial charge is 0.230 e. The first-order chi connectivity index (χ1) is 13.7. The maximum atomic E-state index is 5.72. The number of guanidine groups is 1. The number of ether oxygens (including phenoxy) is 1. The van der Waals surface area contributed by atoms with Gasteiger partial charge in [0.15, 0.2) is 0 Å². The maximum absolute atomic E-state index is 5.72. The molecule has 8 heteroatoms. The molecule has 0 aliphatic carbocycles. The van der Waals surface area contributed by atoms with E-state index in [1.165, 1.54) is 4.88 Å². The molecule has 2 N–H and O–H groups in total. The summed E-state index contributed by atoms with van der Waals surface area (Å²) in [5.74, 6) is 1.99. The molecule has 1 aromatic carbocycles. The molecule has 0 spiro atoms. The molecule has 1 aliphatic rings. The summed E-state index contributed by atoms with van der Waals surface area (Å²) in [7, 11) is 0. The second kappa shape index (κ2) is 8.53. The fourth-order valence-electron chi connectivity index (χ4n) is 3.13. The Morgan fingerprint density at radius 1 is 1.25 bits per heavy atom. The van der Waals surface area contributed by atoms with Crippen LogP contribution in [0, 0.1) is 6.92 Å². The zero-order valence-corrected chi connectivity index (χ0v) is 16.9. The van der Waals surface area contributed by atoms with Crippen LogP contribution in [0.15, 0.2) is 40.7 Å². The van der Waals surface area contributed by atoms with Gasteiger partial charge in [0, 0.05) is 16.8 Å². The third-order valence-electron chi connectivity index (χ3n) is 4.56. The Labute approximate surface area is 168 Å². The first kappa shape index (κ1) is 18.6. The van der Waals surface area contributed by atoms with E-state index in [1.54, 1.807) is 11.3 Å². The van der Waals surface area contributed by atoms with Crippen molar-refractivity contribution in [1.29, 1.82) is 0 Å². The Hall–Kier alpha value is -2.71. The highest BCUT2D eigenvalue weighted by molar-refractivity contribution is 7.09. The average molecular weight is 397 g/mol. The number of anilines is 1. The van der Waals surface area contributed by atoms with Crippen LogP contribution in [0.4, 0.5) is 5.95 Å². The Morgan fingerprint density at radius 3 is 2.93 bits per heavy atom. The molecule has 1 aliphatic heterocycles. The lowest BCUT2D eigenvalue weighted by Gasteiger charge is -2.26. The van der Waals surface area contributed by atoms with Crippen molar-refractivity contribution in [2.45, 2.75) is 20.3 Å². The third kappa shape index (κ3) is 4.23. The molecular formula is C20H24N6OS. The zero-order chi connectivity index (χ0) is 19.3. The maximum Gasteiger partial charge on any atom is 0.230 e. The van der Waals surface area contributed by atoms with Crippen LogP contribution in [0.1, 0.15) is 17.5 Å². The summed E-state index contributed by atoms with van der Waals surface area (Å²) >= 11 is 1.80. The first-order valence-corrected chi connectivity index (χ1v) is 10.3. The number of para-hydroxylation sites is 1. The van der Waals surface area contributed by atoms with E-state index < -0.39 is 0 Å². The summed E-state index contributed by atoms with van der Waals surface area (Å²) < 4.78 is 5.72. The fraction of sp³-hybridized carbons (Fsp3) is 0.350. The molecule has 0 saturated carbocycles. The number of benzene rings is 1. The van der Waals surface area contributed by atoms with Gasteiger partial charge in [0.2, 0.25) is 11.9 Å². The van der Waals surface area contributed by atoms with E-state index in [0.29, 0.717) is 25.2 Å². The normalized spacial score (nSPS) is 14.6. The molecule has 2 aromatic heterocycles. The van der Waals surface area contributed by atoms with Gasteiger partial charge in [0.25, 0.3) is 0 Å². The molecular weight excluding hydrogens is 372 g/mol. The highest BCUT2D eigenvalue weighted by Crippen LogP contribution is 2.26. The lowest BCUT2D eigenvalue weighted by molar-refractivity contribution is 0.269. The van der Waals surface area contributed by atoms with Gasteiger partial charge in [-0.15, -0.1) is 11.3 Å². The summed E-state index contributed by atoms with van der Waals surface area (Å²) in [5, 5.41) is 9.63. The predicted molar refractivity (Wildman–Crippen MR) is 114 cm³/mol. The van der Waals surface area contributed by atoms with Crippen LogP contribution in [0.5, 0.6) is 5.75 Å². The van der Waals surface area contributed by atoms with Crippen molar-refractivity contribution >= 4 is 34.1 Å². The molecule has 7 nitrogen and oxygen atoms in total. The lowest BCUT2D eigenvalue weighted by Crippen LogP contribution is -2.46. The van der Waals surface area contributed by atoms with Crippen LogP contribution in [-0.2, 0) is 6.42 Å². The second-order valence-corrected chi connectivity index (χ2v) is 7.58. The van der Waals surface area contributed by atoms with E-state index in [4.69, 9.17) is 4.74 Å². The minimum atomic E-state index is 0.524. The number of thiophene rings is 1. The highest BCUT2D eigenvalue weighted by Gasteiger charge is 2.15. The molecule has 0 saturated heterocycles. The quantitative estimate of drug-likeness (QED) is 0.666. The van der Waals surface area contributed by atoms with Gasteiger partial charge in [0.05, 0.1) is 25.6 Å². The van der Waals surface area contributed by atoms with E-state index in [1.807, 2.05) is 32.0 Å². The Bertz CT molecular complexity index is 972. The van der Waals surface area contributed by atoms with Gasteiger partial charge < -0.3 is 10.1 Å². The molecule has 0 radical (unpaired) electrons. The van der Waals surface area contributed by atoms with Crippen molar-refractivity contribution in [2.24, 2.45) is 4.99 Å². The van der Waals surface area contributed by atoms with Crippen LogP contribution >= 0.6 is 11.3 Å². The van der Waals surface area contributed by atoms with Crippen molar-refractivity contribution in [1.82, 2.24) is 20.2 Å². The van der Waals surface area contributed by atoms with Gasteiger partial charge in [-0.25, -0.2) is 15.0 Å². The van der Waals surface area contributed by atoms with Gasteiger partial charge in [-0.2, -0.15) is 0 Å². The number of aromatic nitrogens is 2. The minimum absolute atomic E-state index is 0.524. The third-order valence-corrected chi connectivity index (χ3v) is 5.50. The van der Waals surface area contributed by atoms with Gasteiger partial charge in [0.1, 0.15) is 11.3 Å². The molecule has 4 rings (SSSR count). The Kier molecular flexibility index (Phi) is 5.68. The molecule has 0 fully saturated rings. The van der Waals surface area contributed by atoms with E-state index in [0.717, 1.165) is 42.0 Å². The molecule has 3 heterocycles. The SMILES string of the molecule is CCOc1cccc2c(C)nc(NC3=NCN(CCc4cccs4)CN3)nc12. The highest BCUT2D eigenvalue weighted by atomic mass is 32.1. The Balaban J connectivity index is 1.44. The molecule has 28 heavy (non-hydrogen) atoms. The number of hydrogen-bond donors (Lipinski definition) is 2. The number of fused-ring (bicyclic) bond motifs is 1. The van der Waals surface area contributed by atoms with E-state index in [2.05, 4.69) is 48.0 Å². The number of aryl methyl sites for hydroxylation is 1. The summed E-state index contributed by atoms with van der Waals surface area (Å²) in [6.07, 6.45) is 1.05. The topological polar surface area (TPSA) is 74.7 Å². The lowest BCUT2D eigenvalue weighted by atomic mass is 10.2. The summed E-state index contributed by atoms with van der Waals surface area (Å²) in [4.78, 5) is 17.5. The Morgan fingerprint density at radius 2 is 2.18 bits per heavy atom. The minimum Gasteiger partial charge on any atom is -0.492 e.